The minimum atomic E-state index is 0.644. The second-order valence-electron chi connectivity index (χ2n) is 3.13. The molecule has 1 aromatic heterocycles. The summed E-state index contributed by atoms with van der Waals surface area (Å²) in [6.45, 7) is 2.61. The quantitative estimate of drug-likeness (QED) is 0.841. The van der Waals surface area contributed by atoms with Crippen LogP contribution >= 0.6 is 23.1 Å². The Hall–Kier alpha value is -1.27. The first kappa shape index (κ1) is 12.2. The summed E-state index contributed by atoms with van der Waals surface area (Å²) in [5, 5.41) is 12.1. The Morgan fingerprint density at radius 2 is 2.18 bits per heavy atom. The Balaban J connectivity index is 2.17. The van der Waals surface area contributed by atoms with Crippen LogP contribution in [0, 0.1) is 0 Å². The van der Waals surface area contributed by atoms with Gasteiger partial charge in [-0.25, -0.2) is 0 Å². The summed E-state index contributed by atoms with van der Waals surface area (Å²) in [5.74, 6) is 0.830. The maximum absolute atomic E-state index is 5.53. The second-order valence-corrected chi connectivity index (χ2v) is 5.16. The molecule has 0 unspecified atom stereocenters. The Morgan fingerprint density at radius 1 is 1.35 bits per heavy atom. The first-order valence-corrected chi connectivity index (χ1v) is 7.24. The highest BCUT2D eigenvalue weighted by Gasteiger charge is 2.06. The highest BCUT2D eigenvalue weighted by atomic mass is 32.2. The zero-order valence-electron chi connectivity index (χ0n) is 9.64. The van der Waals surface area contributed by atoms with Gasteiger partial charge < -0.3 is 10.1 Å². The van der Waals surface area contributed by atoms with E-state index in [2.05, 4.69) is 15.5 Å². The predicted octanol–water partition coefficient (Wildman–Crippen LogP) is 3.40. The van der Waals surface area contributed by atoms with E-state index in [4.69, 9.17) is 4.74 Å². The third-order valence-corrected chi connectivity index (χ3v) is 3.82. The van der Waals surface area contributed by atoms with Crippen molar-refractivity contribution < 1.29 is 4.74 Å². The molecule has 0 aliphatic rings. The number of hydrogen-bond donors (Lipinski definition) is 1. The standard InChI is InChI=1S/C11H13N3OS2/c1-3-15-9-7-5-4-6-8(9)12-10-13-14-11(16-2)17-10/h4-7H,3H2,1-2H3,(H,12,13). The van der Waals surface area contributed by atoms with E-state index < -0.39 is 0 Å². The maximum atomic E-state index is 5.53. The van der Waals surface area contributed by atoms with Gasteiger partial charge in [0, 0.05) is 0 Å². The Morgan fingerprint density at radius 3 is 2.88 bits per heavy atom. The van der Waals surface area contributed by atoms with E-state index in [0.717, 1.165) is 20.9 Å². The average Bonchev–Trinajstić information content (AvgIpc) is 2.80. The topological polar surface area (TPSA) is 47.0 Å². The number of hydrogen-bond acceptors (Lipinski definition) is 6. The van der Waals surface area contributed by atoms with Crippen LogP contribution in [0.5, 0.6) is 5.75 Å². The summed E-state index contributed by atoms with van der Waals surface area (Å²) >= 11 is 3.12. The molecule has 0 aliphatic carbocycles. The molecule has 17 heavy (non-hydrogen) atoms. The van der Waals surface area contributed by atoms with Crippen LogP contribution in [-0.2, 0) is 0 Å². The summed E-state index contributed by atoms with van der Waals surface area (Å²) in [5.41, 5.74) is 0.915. The third kappa shape index (κ3) is 3.10. The molecule has 1 heterocycles. The van der Waals surface area contributed by atoms with Gasteiger partial charge in [0.1, 0.15) is 5.75 Å². The van der Waals surface area contributed by atoms with Crippen molar-refractivity contribution in [1.29, 1.82) is 0 Å². The summed E-state index contributed by atoms with van der Waals surface area (Å²) in [7, 11) is 0. The van der Waals surface area contributed by atoms with Crippen molar-refractivity contribution in [2.75, 3.05) is 18.2 Å². The predicted molar refractivity (Wildman–Crippen MR) is 72.6 cm³/mol. The van der Waals surface area contributed by atoms with E-state index in [-0.39, 0.29) is 0 Å². The van der Waals surface area contributed by atoms with E-state index in [1.165, 1.54) is 11.3 Å². The van der Waals surface area contributed by atoms with E-state index >= 15 is 0 Å². The van der Waals surface area contributed by atoms with Crippen LogP contribution in [0.4, 0.5) is 10.8 Å². The molecule has 0 fully saturated rings. The number of ether oxygens (including phenoxy) is 1. The van der Waals surface area contributed by atoms with Gasteiger partial charge >= 0.3 is 0 Å². The molecule has 4 nitrogen and oxygen atoms in total. The molecule has 0 amide bonds. The fourth-order valence-corrected chi connectivity index (χ4v) is 2.49. The lowest BCUT2D eigenvalue weighted by Gasteiger charge is -2.09. The van der Waals surface area contributed by atoms with Crippen molar-refractivity contribution >= 4 is 33.9 Å². The molecular formula is C11H13N3OS2. The van der Waals surface area contributed by atoms with Crippen molar-refractivity contribution in [3.05, 3.63) is 24.3 Å². The minimum Gasteiger partial charge on any atom is -0.492 e. The normalized spacial score (nSPS) is 10.2. The minimum absolute atomic E-state index is 0.644. The van der Waals surface area contributed by atoms with Crippen LogP contribution in [-0.4, -0.2) is 23.1 Å². The monoisotopic (exact) mass is 267 g/mol. The second kappa shape index (κ2) is 5.88. The molecule has 0 atom stereocenters. The molecule has 0 radical (unpaired) electrons. The molecular weight excluding hydrogens is 254 g/mol. The van der Waals surface area contributed by atoms with Crippen molar-refractivity contribution in [2.24, 2.45) is 0 Å². The SMILES string of the molecule is CCOc1ccccc1Nc1nnc(SC)s1. The first-order valence-electron chi connectivity index (χ1n) is 5.20. The van der Waals surface area contributed by atoms with Gasteiger partial charge in [0.05, 0.1) is 12.3 Å². The molecule has 90 valence electrons. The molecule has 2 aromatic rings. The fraction of sp³-hybridized carbons (Fsp3) is 0.273. The van der Waals surface area contributed by atoms with E-state index in [0.29, 0.717) is 6.61 Å². The van der Waals surface area contributed by atoms with E-state index in [9.17, 15) is 0 Å². The molecule has 1 aromatic carbocycles. The van der Waals surface area contributed by atoms with Crippen LogP contribution in [0.25, 0.3) is 0 Å². The van der Waals surface area contributed by atoms with Crippen LogP contribution < -0.4 is 10.1 Å². The Labute approximate surface area is 108 Å². The smallest absolute Gasteiger partial charge is 0.210 e. The molecule has 2 rings (SSSR count). The van der Waals surface area contributed by atoms with Gasteiger partial charge in [-0.3, -0.25) is 0 Å². The van der Waals surface area contributed by atoms with Crippen molar-refractivity contribution in [3.63, 3.8) is 0 Å². The lowest BCUT2D eigenvalue weighted by atomic mass is 10.3. The maximum Gasteiger partial charge on any atom is 0.210 e. The summed E-state index contributed by atoms with van der Waals surface area (Å²) < 4.78 is 6.48. The molecule has 0 saturated carbocycles. The van der Waals surface area contributed by atoms with Gasteiger partial charge in [-0.1, -0.05) is 35.2 Å². The number of nitrogens with zero attached hydrogens (tertiary/aromatic N) is 2. The number of nitrogens with one attached hydrogen (secondary N) is 1. The number of benzene rings is 1. The van der Waals surface area contributed by atoms with Crippen molar-refractivity contribution in [3.8, 4) is 5.75 Å². The lowest BCUT2D eigenvalue weighted by Crippen LogP contribution is -1.97. The van der Waals surface area contributed by atoms with Crippen LogP contribution in [0.3, 0.4) is 0 Å². The number of anilines is 2. The lowest BCUT2D eigenvalue weighted by molar-refractivity contribution is 0.342. The highest BCUT2D eigenvalue weighted by molar-refractivity contribution is 8.00. The number of rotatable bonds is 5. The van der Waals surface area contributed by atoms with Crippen LogP contribution in [0.15, 0.2) is 28.6 Å². The van der Waals surface area contributed by atoms with E-state index in [1.54, 1.807) is 11.8 Å². The largest absolute Gasteiger partial charge is 0.492 e. The van der Waals surface area contributed by atoms with E-state index in [1.807, 2.05) is 37.4 Å². The number of aromatic nitrogens is 2. The molecule has 0 aliphatic heterocycles. The van der Waals surface area contributed by atoms with Gasteiger partial charge in [-0.05, 0) is 25.3 Å². The molecule has 6 heteroatoms. The molecule has 0 saturated heterocycles. The molecule has 0 spiro atoms. The van der Waals surface area contributed by atoms with Gasteiger partial charge in [-0.15, -0.1) is 10.2 Å². The Bertz CT molecular complexity index is 487. The van der Waals surface area contributed by atoms with Gasteiger partial charge in [0.15, 0.2) is 4.34 Å². The van der Waals surface area contributed by atoms with Gasteiger partial charge in [0.2, 0.25) is 5.13 Å². The third-order valence-electron chi connectivity index (χ3n) is 2.01. The van der Waals surface area contributed by atoms with Gasteiger partial charge in [0.25, 0.3) is 0 Å². The van der Waals surface area contributed by atoms with Gasteiger partial charge in [-0.2, -0.15) is 0 Å². The van der Waals surface area contributed by atoms with Crippen LogP contribution in [0.2, 0.25) is 0 Å². The molecule has 1 N–H and O–H groups in total. The highest BCUT2D eigenvalue weighted by Crippen LogP contribution is 2.30. The Kier molecular flexibility index (Phi) is 4.22. The number of para-hydroxylation sites is 2. The first-order chi connectivity index (χ1) is 8.33. The fourth-order valence-electron chi connectivity index (χ4n) is 1.31. The summed E-state index contributed by atoms with van der Waals surface area (Å²) in [4.78, 5) is 0. The zero-order chi connectivity index (χ0) is 12.1. The van der Waals surface area contributed by atoms with Crippen molar-refractivity contribution in [2.45, 2.75) is 11.3 Å². The average molecular weight is 267 g/mol. The zero-order valence-corrected chi connectivity index (χ0v) is 11.3. The van der Waals surface area contributed by atoms with Crippen molar-refractivity contribution in [1.82, 2.24) is 10.2 Å². The summed E-state index contributed by atoms with van der Waals surface area (Å²) in [6, 6.07) is 7.80. The molecule has 0 bridgehead atoms. The van der Waals surface area contributed by atoms with Crippen LogP contribution in [0.1, 0.15) is 6.92 Å². The summed E-state index contributed by atoms with van der Waals surface area (Å²) in [6.07, 6.45) is 1.98. The number of thioether (sulfide) groups is 1.